The second-order valence-corrected chi connectivity index (χ2v) is 4.35. The van der Waals surface area contributed by atoms with Crippen LogP contribution in [0.4, 0.5) is 0 Å². The molecule has 0 saturated carbocycles. The molecule has 0 radical (unpaired) electrons. The molecule has 0 N–H and O–H groups in total. The van der Waals surface area contributed by atoms with E-state index in [1.165, 1.54) is 21.5 Å². The Balaban J connectivity index is 2.68. The zero-order valence-electron chi connectivity index (χ0n) is 8.87. The summed E-state index contributed by atoms with van der Waals surface area (Å²) in [6.45, 7) is 2.20. The molecule has 14 heavy (non-hydrogen) atoms. The number of hydrogen-bond acceptors (Lipinski definition) is 1. The molecule has 0 aliphatic heterocycles. The number of aryl methyl sites for hydroxylation is 2. The van der Waals surface area contributed by atoms with Crippen molar-refractivity contribution in [1.82, 2.24) is 4.57 Å². The third-order valence-corrected chi connectivity index (χ3v) is 3.44. The number of nitrogens with zero attached hydrogens (tertiary/aromatic N) is 1. The van der Waals surface area contributed by atoms with E-state index in [-0.39, 0.29) is 0 Å². The molecule has 0 saturated heterocycles. The van der Waals surface area contributed by atoms with Crippen molar-refractivity contribution >= 4 is 22.7 Å². The van der Waals surface area contributed by atoms with Gasteiger partial charge >= 0.3 is 0 Å². The first-order chi connectivity index (χ1) is 6.76. The molecular weight excluding hydrogens is 190 g/mol. The number of thioether (sulfide) groups is 1. The highest BCUT2D eigenvalue weighted by Gasteiger charge is 2.04. The first-order valence-electron chi connectivity index (χ1n) is 4.88. The zero-order valence-corrected chi connectivity index (χ0v) is 9.69. The Morgan fingerprint density at radius 3 is 2.71 bits per heavy atom. The molecule has 1 nitrogen and oxygen atoms in total. The minimum absolute atomic E-state index is 1.10. The van der Waals surface area contributed by atoms with Crippen LogP contribution in [-0.4, -0.2) is 10.8 Å². The summed E-state index contributed by atoms with van der Waals surface area (Å²) in [7, 11) is 2.14. The molecule has 2 rings (SSSR count). The quantitative estimate of drug-likeness (QED) is 0.680. The lowest BCUT2D eigenvalue weighted by Crippen LogP contribution is -1.93. The average Bonchev–Trinajstić information content (AvgIpc) is 2.55. The second kappa shape index (κ2) is 3.70. The maximum Gasteiger partial charge on any atom is 0.0491 e. The molecule has 2 aromatic rings. The molecule has 1 heterocycles. The Morgan fingerprint density at radius 2 is 2.07 bits per heavy atom. The molecule has 1 aromatic carbocycles. The summed E-state index contributed by atoms with van der Waals surface area (Å²) in [6, 6.07) is 8.94. The monoisotopic (exact) mass is 205 g/mol. The van der Waals surface area contributed by atoms with Gasteiger partial charge in [0.1, 0.15) is 0 Å². The molecule has 74 valence electrons. The molecular formula is C12H15NS. The number of aromatic nitrogens is 1. The van der Waals surface area contributed by atoms with Crippen LogP contribution >= 0.6 is 11.8 Å². The Morgan fingerprint density at radius 1 is 1.29 bits per heavy atom. The van der Waals surface area contributed by atoms with E-state index in [4.69, 9.17) is 0 Å². The number of hydrogen-bond donors (Lipinski definition) is 0. The fourth-order valence-corrected chi connectivity index (χ4v) is 2.27. The number of fused-ring (bicyclic) bond motifs is 1. The van der Waals surface area contributed by atoms with Crippen LogP contribution in [0, 0.1) is 0 Å². The minimum atomic E-state index is 1.10. The summed E-state index contributed by atoms with van der Waals surface area (Å²) >= 11 is 1.80. The molecule has 0 amide bonds. The lowest BCUT2D eigenvalue weighted by Gasteiger charge is -2.01. The van der Waals surface area contributed by atoms with Gasteiger partial charge in [0.05, 0.1) is 0 Å². The van der Waals surface area contributed by atoms with Crippen LogP contribution in [0.1, 0.15) is 12.6 Å². The van der Waals surface area contributed by atoms with Crippen molar-refractivity contribution in [2.45, 2.75) is 18.2 Å². The largest absolute Gasteiger partial charge is 0.348 e. The lowest BCUT2D eigenvalue weighted by atomic mass is 10.2. The highest BCUT2D eigenvalue weighted by molar-refractivity contribution is 7.98. The minimum Gasteiger partial charge on any atom is -0.348 e. The summed E-state index contributed by atoms with van der Waals surface area (Å²) in [5, 5.41) is 1.35. The van der Waals surface area contributed by atoms with Gasteiger partial charge in [0.25, 0.3) is 0 Å². The Labute approximate surface area is 89.1 Å². The summed E-state index contributed by atoms with van der Waals surface area (Å²) in [4.78, 5) is 1.33. The van der Waals surface area contributed by atoms with Crippen molar-refractivity contribution in [3.05, 3.63) is 30.0 Å². The van der Waals surface area contributed by atoms with E-state index in [9.17, 15) is 0 Å². The van der Waals surface area contributed by atoms with Crippen molar-refractivity contribution in [3.8, 4) is 0 Å². The van der Waals surface area contributed by atoms with E-state index in [0.29, 0.717) is 0 Å². The Kier molecular flexibility index (Phi) is 2.55. The van der Waals surface area contributed by atoms with Gasteiger partial charge in [0, 0.05) is 23.2 Å². The van der Waals surface area contributed by atoms with Gasteiger partial charge in [-0.15, -0.1) is 11.8 Å². The molecule has 0 bridgehead atoms. The van der Waals surface area contributed by atoms with E-state index in [0.717, 1.165) is 6.42 Å². The molecule has 2 heteroatoms. The number of benzene rings is 1. The van der Waals surface area contributed by atoms with Crippen molar-refractivity contribution in [1.29, 1.82) is 0 Å². The highest BCUT2D eigenvalue weighted by Crippen LogP contribution is 2.24. The molecule has 0 aliphatic rings. The van der Waals surface area contributed by atoms with Crippen LogP contribution in [0.2, 0.25) is 0 Å². The molecule has 0 fully saturated rings. The molecule has 0 aliphatic carbocycles. The van der Waals surface area contributed by atoms with Gasteiger partial charge in [-0.2, -0.15) is 0 Å². The number of rotatable bonds is 2. The Hall–Kier alpha value is -0.890. The smallest absolute Gasteiger partial charge is 0.0491 e. The van der Waals surface area contributed by atoms with Gasteiger partial charge in [-0.3, -0.25) is 0 Å². The van der Waals surface area contributed by atoms with Crippen LogP contribution in [0.3, 0.4) is 0 Å². The fraction of sp³-hybridized carbons (Fsp3) is 0.333. The first-order valence-corrected chi connectivity index (χ1v) is 6.11. The standard InChI is InChI=1S/C12H15NS/c1-4-10-7-9-5-6-11(14-3)8-12(9)13(10)2/h5-8H,4H2,1-3H3. The SMILES string of the molecule is CCc1cc2ccc(SC)cc2n1C. The maximum atomic E-state index is 2.29. The predicted molar refractivity (Wildman–Crippen MR) is 64.1 cm³/mol. The summed E-state index contributed by atoms with van der Waals surface area (Å²) in [5.41, 5.74) is 2.74. The second-order valence-electron chi connectivity index (χ2n) is 3.47. The van der Waals surface area contributed by atoms with Crippen molar-refractivity contribution in [2.24, 2.45) is 7.05 Å². The third-order valence-electron chi connectivity index (χ3n) is 2.71. The van der Waals surface area contributed by atoms with Crippen molar-refractivity contribution in [2.75, 3.05) is 6.26 Å². The van der Waals surface area contributed by atoms with Gasteiger partial charge in [0.2, 0.25) is 0 Å². The van der Waals surface area contributed by atoms with Crippen LogP contribution in [0.15, 0.2) is 29.2 Å². The maximum absolute atomic E-state index is 2.29. The molecule has 0 unspecified atom stereocenters. The molecule has 1 aromatic heterocycles. The van der Waals surface area contributed by atoms with Crippen LogP contribution in [0.25, 0.3) is 10.9 Å². The first kappa shape index (κ1) is 9.66. The van der Waals surface area contributed by atoms with Gasteiger partial charge in [-0.25, -0.2) is 0 Å². The summed E-state index contributed by atoms with van der Waals surface area (Å²) in [6.07, 6.45) is 3.21. The van der Waals surface area contributed by atoms with E-state index < -0.39 is 0 Å². The predicted octanol–water partition coefficient (Wildman–Crippen LogP) is 3.46. The van der Waals surface area contributed by atoms with Crippen LogP contribution in [-0.2, 0) is 13.5 Å². The van der Waals surface area contributed by atoms with Gasteiger partial charge in [0.15, 0.2) is 0 Å². The topological polar surface area (TPSA) is 4.93 Å². The zero-order chi connectivity index (χ0) is 10.1. The molecule has 0 atom stereocenters. The average molecular weight is 205 g/mol. The fourth-order valence-electron chi connectivity index (χ4n) is 1.83. The van der Waals surface area contributed by atoms with E-state index in [1.807, 2.05) is 0 Å². The Bertz CT molecular complexity index is 457. The van der Waals surface area contributed by atoms with Crippen LogP contribution < -0.4 is 0 Å². The van der Waals surface area contributed by atoms with Gasteiger partial charge in [-0.05, 0) is 36.3 Å². The third kappa shape index (κ3) is 1.44. The van der Waals surface area contributed by atoms with Gasteiger partial charge in [-0.1, -0.05) is 13.0 Å². The van der Waals surface area contributed by atoms with Crippen molar-refractivity contribution in [3.63, 3.8) is 0 Å². The van der Waals surface area contributed by atoms with Crippen LogP contribution in [0.5, 0.6) is 0 Å². The van der Waals surface area contributed by atoms with Gasteiger partial charge < -0.3 is 4.57 Å². The summed E-state index contributed by atoms with van der Waals surface area (Å²) in [5.74, 6) is 0. The van der Waals surface area contributed by atoms with Crippen molar-refractivity contribution < 1.29 is 0 Å². The molecule has 0 spiro atoms. The summed E-state index contributed by atoms with van der Waals surface area (Å²) < 4.78 is 2.29. The normalized spacial score (nSPS) is 11.1. The van der Waals surface area contributed by atoms with E-state index in [1.54, 1.807) is 11.8 Å². The van der Waals surface area contributed by atoms with E-state index in [2.05, 4.69) is 49.1 Å². The van der Waals surface area contributed by atoms with E-state index >= 15 is 0 Å². The highest BCUT2D eigenvalue weighted by atomic mass is 32.2. The lowest BCUT2D eigenvalue weighted by molar-refractivity contribution is 0.865.